The quantitative estimate of drug-likeness (QED) is 0.667. The van der Waals surface area contributed by atoms with Crippen molar-refractivity contribution in [2.75, 3.05) is 0 Å². The van der Waals surface area contributed by atoms with Crippen LogP contribution in [0.25, 0.3) is 6.08 Å². The predicted molar refractivity (Wildman–Crippen MR) is 78.6 cm³/mol. The Morgan fingerprint density at radius 3 is 2.37 bits per heavy atom. The third-order valence-electron chi connectivity index (χ3n) is 3.28. The first-order valence-corrected chi connectivity index (χ1v) is 7.15. The molecule has 1 aromatic rings. The fourth-order valence-electron chi connectivity index (χ4n) is 2.72. The van der Waals surface area contributed by atoms with Gasteiger partial charge in [-0.05, 0) is 45.9 Å². The second-order valence-electron chi connectivity index (χ2n) is 6.15. The van der Waals surface area contributed by atoms with Gasteiger partial charge in [-0.2, -0.15) is 0 Å². The van der Waals surface area contributed by atoms with Crippen LogP contribution in [0.5, 0.6) is 0 Å². The van der Waals surface area contributed by atoms with Crippen LogP contribution in [-0.2, 0) is 4.79 Å². The first kappa shape index (κ1) is 14.2. The van der Waals surface area contributed by atoms with Crippen molar-refractivity contribution in [3.05, 3.63) is 27.5 Å². The van der Waals surface area contributed by atoms with Gasteiger partial charge in [-0.15, -0.1) is 11.3 Å². The van der Waals surface area contributed by atoms with E-state index in [1.807, 2.05) is 39.8 Å². The molecule has 2 rings (SSSR count). The minimum absolute atomic E-state index is 0.176. The van der Waals surface area contributed by atoms with Crippen LogP contribution >= 0.6 is 11.3 Å². The number of aldehydes is 1. The number of piperidine rings is 1. The summed E-state index contributed by atoms with van der Waals surface area (Å²) in [4.78, 5) is 24.7. The van der Waals surface area contributed by atoms with E-state index >= 15 is 0 Å². The van der Waals surface area contributed by atoms with Crippen molar-refractivity contribution < 1.29 is 9.59 Å². The summed E-state index contributed by atoms with van der Waals surface area (Å²) in [5, 5.41) is 3.50. The van der Waals surface area contributed by atoms with Gasteiger partial charge in [-0.3, -0.25) is 9.59 Å². The van der Waals surface area contributed by atoms with Crippen LogP contribution in [0.15, 0.2) is 17.7 Å². The molecule has 19 heavy (non-hydrogen) atoms. The van der Waals surface area contributed by atoms with Crippen LogP contribution in [0.3, 0.4) is 0 Å². The summed E-state index contributed by atoms with van der Waals surface area (Å²) in [7, 11) is 0. The standard InChI is InChI=1S/C15H19NO2S/c1-14(2)8-13(18)12(15(3,4)16-14)7-10-5-6-11(9-17)19-10/h5-7,9,16H,8H2,1-4H3. The highest BCUT2D eigenvalue weighted by atomic mass is 32.1. The van der Waals surface area contributed by atoms with Crippen molar-refractivity contribution in [3.63, 3.8) is 0 Å². The van der Waals surface area contributed by atoms with Crippen molar-refractivity contribution in [1.29, 1.82) is 0 Å². The lowest BCUT2D eigenvalue weighted by Crippen LogP contribution is -2.59. The Morgan fingerprint density at radius 1 is 1.21 bits per heavy atom. The highest BCUT2D eigenvalue weighted by Gasteiger charge is 2.40. The molecule has 1 saturated heterocycles. The molecule has 1 N–H and O–H groups in total. The minimum atomic E-state index is -0.357. The zero-order valence-corrected chi connectivity index (χ0v) is 12.6. The predicted octanol–water partition coefficient (Wildman–Crippen LogP) is 3.06. The normalized spacial score (nSPS) is 23.6. The summed E-state index contributed by atoms with van der Waals surface area (Å²) in [5.74, 6) is 0.176. The van der Waals surface area contributed by atoms with Crippen LogP contribution < -0.4 is 5.32 Å². The van der Waals surface area contributed by atoms with E-state index in [-0.39, 0.29) is 16.9 Å². The van der Waals surface area contributed by atoms with Gasteiger partial charge >= 0.3 is 0 Å². The largest absolute Gasteiger partial charge is 0.302 e. The van der Waals surface area contributed by atoms with Crippen LogP contribution in [0.4, 0.5) is 0 Å². The highest BCUT2D eigenvalue weighted by Crippen LogP contribution is 2.32. The molecule has 0 bridgehead atoms. The molecule has 1 aliphatic rings. The molecule has 0 radical (unpaired) electrons. The molecule has 1 aromatic heterocycles. The maximum Gasteiger partial charge on any atom is 0.162 e. The molecular weight excluding hydrogens is 258 g/mol. The Balaban J connectivity index is 2.37. The third kappa shape index (κ3) is 3.01. The summed E-state index contributed by atoms with van der Waals surface area (Å²) >= 11 is 1.40. The Kier molecular flexibility index (Phi) is 3.49. The fourth-order valence-corrected chi connectivity index (χ4v) is 3.48. The van der Waals surface area contributed by atoms with E-state index in [9.17, 15) is 9.59 Å². The Bertz CT molecular complexity index is 552. The number of hydrogen-bond donors (Lipinski definition) is 1. The average Bonchev–Trinajstić information content (AvgIpc) is 2.69. The van der Waals surface area contributed by atoms with Crippen LogP contribution in [0, 0.1) is 0 Å². The van der Waals surface area contributed by atoms with Gasteiger partial charge in [0, 0.05) is 27.9 Å². The summed E-state index contributed by atoms with van der Waals surface area (Å²) in [6.45, 7) is 8.12. The number of carbonyl (C=O) groups excluding carboxylic acids is 2. The zero-order valence-electron chi connectivity index (χ0n) is 11.7. The number of Topliss-reactive ketones (excluding diaryl/α,β-unsaturated/α-hetero) is 1. The van der Waals surface area contributed by atoms with E-state index in [2.05, 4.69) is 5.32 Å². The Morgan fingerprint density at radius 2 is 1.84 bits per heavy atom. The van der Waals surface area contributed by atoms with Crippen LogP contribution in [-0.4, -0.2) is 23.1 Å². The summed E-state index contributed by atoms with van der Waals surface area (Å²) < 4.78 is 0. The van der Waals surface area contributed by atoms with Crippen molar-refractivity contribution in [3.8, 4) is 0 Å². The molecule has 0 amide bonds. The first-order valence-electron chi connectivity index (χ1n) is 6.33. The van der Waals surface area contributed by atoms with Gasteiger partial charge in [0.15, 0.2) is 12.1 Å². The number of hydrogen-bond acceptors (Lipinski definition) is 4. The molecule has 0 spiro atoms. The van der Waals surface area contributed by atoms with Gasteiger partial charge in [-0.1, -0.05) is 0 Å². The number of thiophene rings is 1. The highest BCUT2D eigenvalue weighted by molar-refractivity contribution is 7.14. The zero-order chi connectivity index (χ0) is 14.3. The Hall–Kier alpha value is -1.26. The van der Waals surface area contributed by atoms with Crippen molar-refractivity contribution in [2.24, 2.45) is 0 Å². The van der Waals surface area contributed by atoms with Gasteiger partial charge in [0.2, 0.25) is 0 Å². The van der Waals surface area contributed by atoms with Gasteiger partial charge in [-0.25, -0.2) is 0 Å². The lowest BCUT2D eigenvalue weighted by molar-refractivity contribution is -0.119. The maximum absolute atomic E-state index is 12.3. The van der Waals surface area contributed by atoms with E-state index < -0.39 is 0 Å². The average molecular weight is 277 g/mol. The van der Waals surface area contributed by atoms with E-state index in [1.165, 1.54) is 11.3 Å². The second-order valence-corrected chi connectivity index (χ2v) is 7.30. The molecule has 1 aliphatic heterocycles. The molecule has 4 heteroatoms. The Labute approximate surface area is 117 Å². The van der Waals surface area contributed by atoms with E-state index in [4.69, 9.17) is 0 Å². The van der Waals surface area contributed by atoms with Gasteiger partial charge in [0.1, 0.15) is 0 Å². The molecule has 0 aliphatic carbocycles. The first-order chi connectivity index (χ1) is 8.73. The molecule has 0 aromatic carbocycles. The summed E-state index contributed by atoms with van der Waals surface area (Å²) in [6, 6.07) is 3.66. The number of nitrogens with one attached hydrogen (secondary N) is 1. The second kappa shape index (κ2) is 4.69. The van der Waals surface area contributed by atoms with Gasteiger partial charge in [0.05, 0.1) is 4.88 Å². The topological polar surface area (TPSA) is 46.2 Å². The lowest BCUT2D eigenvalue weighted by atomic mass is 9.77. The minimum Gasteiger partial charge on any atom is -0.302 e. The van der Waals surface area contributed by atoms with Crippen molar-refractivity contribution in [1.82, 2.24) is 5.32 Å². The number of carbonyl (C=O) groups is 2. The third-order valence-corrected chi connectivity index (χ3v) is 4.24. The van der Waals surface area contributed by atoms with Crippen molar-refractivity contribution in [2.45, 2.75) is 45.2 Å². The van der Waals surface area contributed by atoms with E-state index in [1.54, 1.807) is 6.07 Å². The van der Waals surface area contributed by atoms with Crippen LogP contribution in [0.1, 0.15) is 48.7 Å². The van der Waals surface area contributed by atoms with E-state index in [0.29, 0.717) is 11.3 Å². The fraction of sp³-hybridized carbons (Fsp3) is 0.467. The summed E-state index contributed by atoms with van der Waals surface area (Å²) in [5.41, 5.74) is 0.247. The monoisotopic (exact) mass is 277 g/mol. The van der Waals surface area contributed by atoms with Gasteiger partial charge in [0.25, 0.3) is 0 Å². The maximum atomic E-state index is 12.3. The summed E-state index contributed by atoms with van der Waals surface area (Å²) in [6.07, 6.45) is 3.23. The molecule has 102 valence electrons. The van der Waals surface area contributed by atoms with E-state index in [0.717, 1.165) is 16.7 Å². The number of rotatable bonds is 2. The molecule has 1 fully saturated rings. The van der Waals surface area contributed by atoms with Crippen LogP contribution in [0.2, 0.25) is 0 Å². The van der Waals surface area contributed by atoms with Gasteiger partial charge < -0.3 is 5.32 Å². The SMILES string of the molecule is CC1(C)CC(=O)C(=Cc2ccc(C=O)s2)C(C)(C)N1. The number of ketones is 1. The lowest BCUT2D eigenvalue weighted by Gasteiger charge is -2.43. The molecule has 0 atom stereocenters. The molecule has 0 unspecified atom stereocenters. The smallest absolute Gasteiger partial charge is 0.162 e. The molecular formula is C15H19NO2S. The molecule has 3 nitrogen and oxygen atoms in total. The molecule has 0 saturated carbocycles. The van der Waals surface area contributed by atoms with Crippen molar-refractivity contribution >= 4 is 29.5 Å². The molecule has 2 heterocycles.